The van der Waals surface area contributed by atoms with E-state index in [1.807, 2.05) is 36.4 Å². The van der Waals surface area contributed by atoms with Gasteiger partial charge in [-0.1, -0.05) is 48.5 Å². The number of para-hydroxylation sites is 1. The third-order valence-corrected chi connectivity index (χ3v) is 4.84. The average Bonchev–Trinajstić information content (AvgIpc) is 2.79. The van der Waals surface area contributed by atoms with Crippen molar-refractivity contribution in [3.8, 4) is 5.75 Å². The Morgan fingerprint density at radius 1 is 0.968 bits per heavy atom. The molecule has 7 heteroatoms. The first-order valence-electron chi connectivity index (χ1n) is 9.99. The maximum Gasteiger partial charge on any atom is 0.250 e. The van der Waals surface area contributed by atoms with E-state index in [1.165, 1.54) is 0 Å². The summed E-state index contributed by atoms with van der Waals surface area (Å²) < 4.78 is 7.09. The van der Waals surface area contributed by atoms with Gasteiger partial charge in [0.25, 0.3) is 5.56 Å². The van der Waals surface area contributed by atoms with Crippen LogP contribution in [0.2, 0.25) is 0 Å². The van der Waals surface area contributed by atoms with Crippen LogP contribution in [0.1, 0.15) is 16.7 Å². The van der Waals surface area contributed by atoms with Crippen molar-refractivity contribution in [2.24, 2.45) is 4.99 Å². The fraction of sp³-hybridized carbons (Fsp3) is 0.250. The van der Waals surface area contributed by atoms with E-state index >= 15 is 0 Å². The van der Waals surface area contributed by atoms with Crippen molar-refractivity contribution in [3.63, 3.8) is 0 Å². The van der Waals surface area contributed by atoms with Crippen LogP contribution < -0.4 is 20.9 Å². The van der Waals surface area contributed by atoms with Gasteiger partial charge in [0.1, 0.15) is 5.75 Å². The smallest absolute Gasteiger partial charge is 0.250 e. The lowest BCUT2D eigenvalue weighted by Gasteiger charge is -2.13. The SMILES string of the molecule is CN=C(NCCc1ccccc1OC)NCc1ccc(Cn2ccccc2=O)cc1.I. The number of nitrogens with one attached hydrogen (secondary N) is 2. The normalized spacial score (nSPS) is 10.8. The van der Waals surface area contributed by atoms with E-state index in [-0.39, 0.29) is 29.5 Å². The van der Waals surface area contributed by atoms with Gasteiger partial charge in [0.2, 0.25) is 0 Å². The lowest BCUT2D eigenvalue weighted by molar-refractivity contribution is 0.409. The Kier molecular flexibility index (Phi) is 10.1. The summed E-state index contributed by atoms with van der Waals surface area (Å²) in [5, 5.41) is 6.67. The molecule has 6 nitrogen and oxygen atoms in total. The molecule has 2 aromatic carbocycles. The van der Waals surface area contributed by atoms with Gasteiger partial charge in [0.15, 0.2) is 5.96 Å². The number of pyridine rings is 1. The van der Waals surface area contributed by atoms with Crippen molar-refractivity contribution in [1.82, 2.24) is 15.2 Å². The summed E-state index contributed by atoms with van der Waals surface area (Å²) in [5.41, 5.74) is 3.40. The highest BCUT2D eigenvalue weighted by molar-refractivity contribution is 14.0. The molecule has 3 aromatic rings. The van der Waals surface area contributed by atoms with Crippen LogP contribution in [0.5, 0.6) is 5.75 Å². The van der Waals surface area contributed by atoms with Gasteiger partial charge in [-0.3, -0.25) is 9.79 Å². The largest absolute Gasteiger partial charge is 0.496 e. The van der Waals surface area contributed by atoms with E-state index < -0.39 is 0 Å². The van der Waals surface area contributed by atoms with Gasteiger partial charge in [-0.05, 0) is 35.2 Å². The van der Waals surface area contributed by atoms with Crippen molar-refractivity contribution < 1.29 is 4.74 Å². The summed E-state index contributed by atoms with van der Waals surface area (Å²) in [5.74, 6) is 1.66. The second-order valence-corrected chi connectivity index (χ2v) is 6.90. The number of aliphatic imine (C=N–C) groups is 1. The summed E-state index contributed by atoms with van der Waals surface area (Å²) in [4.78, 5) is 16.1. The molecule has 0 aliphatic carbocycles. The maximum absolute atomic E-state index is 11.8. The number of aromatic nitrogens is 1. The van der Waals surface area contributed by atoms with Gasteiger partial charge in [-0.25, -0.2) is 0 Å². The summed E-state index contributed by atoms with van der Waals surface area (Å²) in [6, 6.07) is 21.5. The van der Waals surface area contributed by atoms with Crippen LogP contribution in [-0.2, 0) is 19.5 Å². The zero-order valence-corrected chi connectivity index (χ0v) is 20.2. The van der Waals surface area contributed by atoms with Crippen molar-refractivity contribution in [3.05, 3.63) is 100.0 Å². The molecule has 0 amide bonds. The minimum Gasteiger partial charge on any atom is -0.496 e. The highest BCUT2D eigenvalue weighted by Crippen LogP contribution is 2.17. The van der Waals surface area contributed by atoms with E-state index in [2.05, 4.69) is 33.8 Å². The molecule has 3 rings (SSSR count). The Morgan fingerprint density at radius 3 is 2.39 bits per heavy atom. The molecule has 0 saturated heterocycles. The first-order chi connectivity index (χ1) is 14.7. The lowest BCUT2D eigenvalue weighted by Crippen LogP contribution is -2.37. The molecule has 164 valence electrons. The van der Waals surface area contributed by atoms with E-state index in [9.17, 15) is 4.79 Å². The molecule has 0 atom stereocenters. The lowest BCUT2D eigenvalue weighted by atomic mass is 10.1. The molecule has 0 spiro atoms. The molecule has 31 heavy (non-hydrogen) atoms. The van der Waals surface area contributed by atoms with E-state index in [4.69, 9.17) is 4.74 Å². The summed E-state index contributed by atoms with van der Waals surface area (Å²) in [7, 11) is 3.45. The summed E-state index contributed by atoms with van der Waals surface area (Å²) >= 11 is 0. The first kappa shape index (κ1) is 24.5. The second-order valence-electron chi connectivity index (χ2n) is 6.90. The molecule has 1 heterocycles. The minimum atomic E-state index is 0. The van der Waals surface area contributed by atoms with Crippen LogP contribution in [0, 0.1) is 0 Å². The van der Waals surface area contributed by atoms with Gasteiger partial charge in [0, 0.05) is 32.4 Å². The Labute approximate surface area is 200 Å². The van der Waals surface area contributed by atoms with Gasteiger partial charge in [0.05, 0.1) is 13.7 Å². The van der Waals surface area contributed by atoms with Crippen molar-refractivity contribution in [2.75, 3.05) is 20.7 Å². The predicted molar refractivity (Wildman–Crippen MR) is 137 cm³/mol. The van der Waals surface area contributed by atoms with Crippen LogP contribution in [0.25, 0.3) is 0 Å². The fourth-order valence-electron chi connectivity index (χ4n) is 3.18. The molecular formula is C24H29IN4O2. The number of benzene rings is 2. The third-order valence-electron chi connectivity index (χ3n) is 4.84. The third kappa shape index (κ3) is 7.43. The van der Waals surface area contributed by atoms with Crippen molar-refractivity contribution in [2.45, 2.75) is 19.5 Å². The summed E-state index contributed by atoms with van der Waals surface area (Å²) in [6.45, 7) is 1.99. The van der Waals surface area contributed by atoms with Crippen molar-refractivity contribution >= 4 is 29.9 Å². The molecule has 0 aliphatic rings. The predicted octanol–water partition coefficient (Wildman–Crippen LogP) is 3.43. The second kappa shape index (κ2) is 12.8. The first-order valence-corrected chi connectivity index (χ1v) is 9.99. The number of guanidine groups is 1. The van der Waals surface area contributed by atoms with Crippen LogP contribution in [-0.4, -0.2) is 31.2 Å². The quantitative estimate of drug-likeness (QED) is 0.265. The fourth-order valence-corrected chi connectivity index (χ4v) is 3.18. The molecule has 0 unspecified atom stereocenters. The molecule has 0 saturated carbocycles. The zero-order valence-electron chi connectivity index (χ0n) is 17.9. The molecule has 1 aromatic heterocycles. The number of hydrogen-bond acceptors (Lipinski definition) is 3. The van der Waals surface area contributed by atoms with Crippen LogP contribution in [0.3, 0.4) is 0 Å². The van der Waals surface area contributed by atoms with Crippen LogP contribution in [0.15, 0.2) is 82.7 Å². The number of halogens is 1. The van der Waals surface area contributed by atoms with E-state index in [0.717, 1.165) is 41.4 Å². The van der Waals surface area contributed by atoms with Crippen molar-refractivity contribution in [1.29, 1.82) is 0 Å². The zero-order chi connectivity index (χ0) is 21.2. The molecular weight excluding hydrogens is 503 g/mol. The van der Waals surface area contributed by atoms with Crippen LogP contribution >= 0.6 is 24.0 Å². The monoisotopic (exact) mass is 532 g/mol. The highest BCUT2D eigenvalue weighted by Gasteiger charge is 2.03. The number of hydrogen-bond donors (Lipinski definition) is 2. The number of ether oxygens (including phenoxy) is 1. The number of methoxy groups -OCH3 is 1. The Morgan fingerprint density at radius 2 is 1.68 bits per heavy atom. The summed E-state index contributed by atoms with van der Waals surface area (Å²) in [6.07, 6.45) is 2.65. The van der Waals surface area contributed by atoms with Gasteiger partial charge < -0.3 is 19.9 Å². The topological polar surface area (TPSA) is 67.7 Å². The minimum absolute atomic E-state index is 0. The van der Waals surface area contributed by atoms with Gasteiger partial charge in [-0.15, -0.1) is 24.0 Å². The van der Waals surface area contributed by atoms with Gasteiger partial charge >= 0.3 is 0 Å². The number of nitrogens with zero attached hydrogens (tertiary/aromatic N) is 2. The Hall–Kier alpha value is -2.81. The highest BCUT2D eigenvalue weighted by atomic mass is 127. The Balaban J connectivity index is 0.00000341. The molecule has 2 N–H and O–H groups in total. The standard InChI is InChI=1S/C24H28N4O2.HI/c1-25-24(26-15-14-21-7-3-4-8-22(21)30-2)27-17-19-10-12-20(13-11-19)18-28-16-6-5-9-23(28)29;/h3-13,16H,14-15,17-18H2,1-2H3,(H2,25,26,27);1H. The number of rotatable bonds is 8. The molecule has 0 radical (unpaired) electrons. The van der Waals surface area contributed by atoms with Crippen LogP contribution in [0.4, 0.5) is 0 Å². The van der Waals surface area contributed by atoms with E-state index in [0.29, 0.717) is 13.1 Å². The molecule has 0 bridgehead atoms. The van der Waals surface area contributed by atoms with E-state index in [1.54, 1.807) is 37.1 Å². The Bertz CT molecular complexity index is 1030. The van der Waals surface area contributed by atoms with Gasteiger partial charge in [-0.2, -0.15) is 0 Å². The molecule has 0 aliphatic heterocycles. The molecule has 0 fully saturated rings. The maximum atomic E-state index is 11.8. The average molecular weight is 532 g/mol.